The lowest BCUT2D eigenvalue weighted by Gasteiger charge is -2.18. The Morgan fingerprint density at radius 1 is 1.05 bits per heavy atom. The minimum absolute atomic E-state index is 0.0495. The summed E-state index contributed by atoms with van der Waals surface area (Å²) in [5.74, 6) is -0.446. The van der Waals surface area contributed by atoms with Crippen molar-refractivity contribution in [3.8, 4) is 0 Å². The van der Waals surface area contributed by atoms with Crippen LogP contribution in [0.2, 0.25) is 10.0 Å². The van der Waals surface area contributed by atoms with Crippen LogP contribution < -0.4 is 5.32 Å². The van der Waals surface area contributed by atoms with Gasteiger partial charge in [-0.25, -0.2) is 4.39 Å². The van der Waals surface area contributed by atoms with Crippen LogP contribution >= 0.6 is 23.2 Å². The fraction of sp³-hybridized carbons (Fsp3) is 0.294. The molecule has 2 aromatic rings. The Bertz CT molecular complexity index is 685. The number of rotatable bonds is 3. The molecule has 1 N–H and O–H groups in total. The summed E-state index contributed by atoms with van der Waals surface area (Å²) < 4.78 is 13.6. The molecule has 1 atom stereocenters. The molecule has 0 bridgehead atoms. The molecular formula is C17H16Cl2FN. The summed E-state index contributed by atoms with van der Waals surface area (Å²) in [6, 6.07) is 9.18. The van der Waals surface area contributed by atoms with Gasteiger partial charge in [0, 0.05) is 10.7 Å². The standard InChI is InChI=1S/C17H16Cl2FN/c1-10(14-8-17(20)16(19)9-15(14)18)21-13-6-5-11-3-2-4-12(11)7-13/h5-10,21H,2-4H2,1H3. The van der Waals surface area contributed by atoms with E-state index in [-0.39, 0.29) is 11.1 Å². The minimum atomic E-state index is -0.446. The van der Waals surface area contributed by atoms with Crippen molar-refractivity contribution in [2.45, 2.75) is 32.2 Å². The Hall–Kier alpha value is -1.25. The van der Waals surface area contributed by atoms with E-state index in [2.05, 4.69) is 23.5 Å². The van der Waals surface area contributed by atoms with Crippen LogP contribution in [0, 0.1) is 5.82 Å². The van der Waals surface area contributed by atoms with Crippen molar-refractivity contribution < 1.29 is 4.39 Å². The maximum Gasteiger partial charge on any atom is 0.142 e. The van der Waals surface area contributed by atoms with Crippen LogP contribution in [0.15, 0.2) is 30.3 Å². The summed E-state index contributed by atoms with van der Waals surface area (Å²) in [5, 5.41) is 3.91. The molecule has 0 saturated heterocycles. The van der Waals surface area contributed by atoms with Crippen molar-refractivity contribution in [2.75, 3.05) is 5.32 Å². The zero-order valence-electron chi connectivity index (χ0n) is 11.7. The molecule has 1 aliphatic rings. The average molecular weight is 324 g/mol. The predicted molar refractivity (Wildman–Crippen MR) is 86.9 cm³/mol. The molecule has 1 unspecified atom stereocenters. The summed E-state index contributed by atoms with van der Waals surface area (Å²) >= 11 is 11.9. The maximum atomic E-state index is 13.6. The lowest BCUT2D eigenvalue weighted by atomic mass is 10.1. The fourth-order valence-corrected chi connectivity index (χ4v) is 3.41. The summed E-state index contributed by atoms with van der Waals surface area (Å²) in [4.78, 5) is 0. The van der Waals surface area contributed by atoms with E-state index < -0.39 is 5.82 Å². The molecule has 0 fully saturated rings. The first-order valence-corrected chi connectivity index (χ1v) is 7.83. The number of hydrogen-bond acceptors (Lipinski definition) is 1. The first kappa shape index (κ1) is 14.7. The second-order valence-electron chi connectivity index (χ2n) is 5.49. The average Bonchev–Trinajstić information content (AvgIpc) is 2.90. The summed E-state index contributed by atoms with van der Waals surface area (Å²) in [6.07, 6.45) is 3.53. The van der Waals surface area contributed by atoms with E-state index in [0.29, 0.717) is 10.6 Å². The minimum Gasteiger partial charge on any atom is -0.378 e. The highest BCUT2D eigenvalue weighted by Gasteiger charge is 2.15. The van der Waals surface area contributed by atoms with E-state index in [0.717, 1.165) is 12.1 Å². The van der Waals surface area contributed by atoms with E-state index in [1.54, 1.807) is 0 Å². The van der Waals surface area contributed by atoms with Crippen molar-refractivity contribution in [3.05, 3.63) is 62.9 Å². The van der Waals surface area contributed by atoms with Gasteiger partial charge in [0.15, 0.2) is 0 Å². The third-order valence-corrected chi connectivity index (χ3v) is 4.60. The van der Waals surface area contributed by atoms with E-state index >= 15 is 0 Å². The Morgan fingerprint density at radius 2 is 1.81 bits per heavy atom. The monoisotopic (exact) mass is 323 g/mol. The molecule has 0 amide bonds. The van der Waals surface area contributed by atoms with Gasteiger partial charge in [0.1, 0.15) is 5.82 Å². The van der Waals surface area contributed by atoms with Gasteiger partial charge < -0.3 is 5.32 Å². The quantitative estimate of drug-likeness (QED) is 0.704. The molecule has 0 aromatic heterocycles. The van der Waals surface area contributed by atoms with Gasteiger partial charge in [-0.1, -0.05) is 29.3 Å². The summed E-state index contributed by atoms with van der Waals surface area (Å²) in [5.41, 5.74) is 4.58. The molecule has 4 heteroatoms. The molecule has 0 saturated carbocycles. The molecule has 2 aromatic carbocycles. The smallest absolute Gasteiger partial charge is 0.142 e. The Morgan fingerprint density at radius 3 is 2.62 bits per heavy atom. The Kier molecular flexibility index (Phi) is 4.10. The lowest BCUT2D eigenvalue weighted by Crippen LogP contribution is -2.08. The second-order valence-corrected chi connectivity index (χ2v) is 6.31. The fourth-order valence-electron chi connectivity index (χ4n) is 2.86. The van der Waals surface area contributed by atoms with Crippen LogP contribution in [0.3, 0.4) is 0 Å². The third-order valence-electron chi connectivity index (χ3n) is 3.99. The van der Waals surface area contributed by atoms with Gasteiger partial charge in [0.05, 0.1) is 11.1 Å². The SMILES string of the molecule is CC(Nc1ccc2c(c1)CCC2)c1cc(F)c(Cl)cc1Cl. The molecule has 21 heavy (non-hydrogen) atoms. The van der Waals surface area contributed by atoms with Gasteiger partial charge in [-0.15, -0.1) is 0 Å². The highest BCUT2D eigenvalue weighted by Crippen LogP contribution is 2.31. The van der Waals surface area contributed by atoms with Crippen molar-refractivity contribution in [2.24, 2.45) is 0 Å². The van der Waals surface area contributed by atoms with Gasteiger partial charge in [0.25, 0.3) is 0 Å². The molecule has 1 aliphatic carbocycles. The van der Waals surface area contributed by atoms with Crippen molar-refractivity contribution in [1.29, 1.82) is 0 Å². The van der Waals surface area contributed by atoms with Crippen LogP contribution in [-0.4, -0.2) is 0 Å². The van der Waals surface area contributed by atoms with Crippen LogP contribution in [0.25, 0.3) is 0 Å². The number of aryl methyl sites for hydroxylation is 2. The number of halogens is 3. The predicted octanol–water partition coefficient (Wildman–Crippen LogP) is 5.79. The highest BCUT2D eigenvalue weighted by atomic mass is 35.5. The van der Waals surface area contributed by atoms with E-state index in [9.17, 15) is 4.39 Å². The number of anilines is 1. The molecule has 110 valence electrons. The van der Waals surface area contributed by atoms with E-state index in [4.69, 9.17) is 23.2 Å². The van der Waals surface area contributed by atoms with Crippen LogP contribution in [0.4, 0.5) is 10.1 Å². The van der Waals surface area contributed by atoms with E-state index in [1.807, 2.05) is 6.92 Å². The first-order chi connectivity index (χ1) is 10.0. The highest BCUT2D eigenvalue weighted by molar-refractivity contribution is 6.35. The van der Waals surface area contributed by atoms with Gasteiger partial charge in [-0.3, -0.25) is 0 Å². The Balaban J connectivity index is 1.83. The van der Waals surface area contributed by atoms with Crippen LogP contribution in [0.1, 0.15) is 36.1 Å². The molecule has 3 rings (SSSR count). The number of fused-ring (bicyclic) bond motifs is 1. The third kappa shape index (κ3) is 3.02. The van der Waals surface area contributed by atoms with Crippen LogP contribution in [0.5, 0.6) is 0 Å². The summed E-state index contributed by atoms with van der Waals surface area (Å²) in [7, 11) is 0. The van der Waals surface area contributed by atoms with Crippen LogP contribution in [-0.2, 0) is 12.8 Å². The lowest BCUT2D eigenvalue weighted by molar-refractivity contribution is 0.624. The normalized spacial score (nSPS) is 14.9. The van der Waals surface area contributed by atoms with Gasteiger partial charge in [-0.05, 0) is 67.1 Å². The van der Waals surface area contributed by atoms with Gasteiger partial charge in [-0.2, -0.15) is 0 Å². The van der Waals surface area contributed by atoms with E-state index in [1.165, 1.54) is 36.1 Å². The zero-order valence-corrected chi connectivity index (χ0v) is 13.2. The second kappa shape index (κ2) is 5.86. The molecule has 0 spiro atoms. The number of hydrogen-bond donors (Lipinski definition) is 1. The molecule has 1 nitrogen and oxygen atoms in total. The summed E-state index contributed by atoms with van der Waals surface area (Å²) in [6.45, 7) is 1.96. The van der Waals surface area contributed by atoms with Crippen molar-refractivity contribution >= 4 is 28.9 Å². The number of nitrogens with one attached hydrogen (secondary N) is 1. The van der Waals surface area contributed by atoms with Gasteiger partial charge >= 0.3 is 0 Å². The van der Waals surface area contributed by atoms with Gasteiger partial charge in [0.2, 0.25) is 0 Å². The number of benzene rings is 2. The molecule has 0 aliphatic heterocycles. The molecule has 0 heterocycles. The topological polar surface area (TPSA) is 12.0 Å². The molecule has 0 radical (unpaired) electrons. The first-order valence-electron chi connectivity index (χ1n) is 7.07. The zero-order chi connectivity index (χ0) is 15.0. The maximum absolute atomic E-state index is 13.6. The largest absolute Gasteiger partial charge is 0.378 e. The molecular weight excluding hydrogens is 308 g/mol. The Labute approximate surface area is 134 Å². The van der Waals surface area contributed by atoms with Crippen molar-refractivity contribution in [1.82, 2.24) is 0 Å². The van der Waals surface area contributed by atoms with Crippen molar-refractivity contribution in [3.63, 3.8) is 0 Å².